The largest absolute Gasteiger partial charge is 0.497 e. The van der Waals surface area contributed by atoms with Crippen LogP contribution in [0.3, 0.4) is 0 Å². The average Bonchev–Trinajstić information content (AvgIpc) is 2.16. The lowest BCUT2D eigenvalue weighted by molar-refractivity contribution is 0.414. The fourth-order valence-electron chi connectivity index (χ4n) is 1.25. The van der Waals surface area contributed by atoms with Gasteiger partial charge in [-0.25, -0.2) is 4.79 Å². The van der Waals surface area contributed by atoms with Gasteiger partial charge in [0.25, 0.3) is 0 Å². The van der Waals surface area contributed by atoms with Crippen LogP contribution < -0.4 is 10.4 Å². The van der Waals surface area contributed by atoms with Crippen LogP contribution in [0.25, 0.3) is 11.0 Å². The van der Waals surface area contributed by atoms with E-state index in [2.05, 4.69) is 12.6 Å². The first kappa shape index (κ1) is 9.15. The molecular formula is C10H8O3S. The predicted octanol–water partition coefficient (Wildman–Crippen LogP) is 2.09. The maximum absolute atomic E-state index is 11.0. The van der Waals surface area contributed by atoms with Crippen LogP contribution in [0.1, 0.15) is 0 Å². The summed E-state index contributed by atoms with van der Waals surface area (Å²) in [6.45, 7) is 0. The smallest absolute Gasteiger partial charge is 0.337 e. The zero-order chi connectivity index (χ0) is 10.1. The molecular weight excluding hydrogens is 200 g/mol. The topological polar surface area (TPSA) is 39.4 Å². The number of rotatable bonds is 1. The van der Waals surface area contributed by atoms with E-state index in [0.29, 0.717) is 16.2 Å². The molecule has 2 aromatic rings. The van der Waals surface area contributed by atoms with E-state index in [0.717, 1.165) is 5.39 Å². The van der Waals surface area contributed by atoms with Gasteiger partial charge in [-0.3, -0.25) is 0 Å². The highest BCUT2D eigenvalue weighted by Crippen LogP contribution is 2.23. The van der Waals surface area contributed by atoms with Gasteiger partial charge in [-0.1, -0.05) is 0 Å². The van der Waals surface area contributed by atoms with Crippen molar-refractivity contribution in [3.63, 3.8) is 0 Å². The highest BCUT2D eigenvalue weighted by atomic mass is 32.1. The van der Waals surface area contributed by atoms with Crippen molar-refractivity contribution in [1.29, 1.82) is 0 Å². The van der Waals surface area contributed by atoms with Crippen molar-refractivity contribution in [3.05, 3.63) is 34.7 Å². The van der Waals surface area contributed by atoms with Crippen molar-refractivity contribution >= 4 is 23.6 Å². The highest BCUT2D eigenvalue weighted by Gasteiger charge is 2.03. The van der Waals surface area contributed by atoms with Crippen LogP contribution in [0, 0.1) is 0 Å². The number of benzene rings is 1. The Kier molecular flexibility index (Phi) is 2.21. The maximum Gasteiger partial charge on any atom is 0.337 e. The maximum atomic E-state index is 11.0. The SMILES string of the molecule is COc1ccc2c(S)cc(=O)oc2c1. The average molecular weight is 208 g/mol. The summed E-state index contributed by atoms with van der Waals surface area (Å²) in [7, 11) is 1.56. The molecule has 0 N–H and O–H groups in total. The molecule has 0 bridgehead atoms. The third kappa shape index (κ3) is 1.48. The second-order valence-corrected chi connectivity index (χ2v) is 3.29. The molecule has 2 rings (SSSR count). The fourth-order valence-corrected chi connectivity index (χ4v) is 1.54. The van der Waals surface area contributed by atoms with Crippen LogP contribution in [0.2, 0.25) is 0 Å². The minimum atomic E-state index is -0.407. The van der Waals surface area contributed by atoms with E-state index in [4.69, 9.17) is 9.15 Å². The Hall–Kier alpha value is -1.42. The fraction of sp³-hybridized carbons (Fsp3) is 0.100. The second kappa shape index (κ2) is 3.38. The quantitative estimate of drug-likeness (QED) is 0.576. The molecule has 0 aliphatic rings. The zero-order valence-electron chi connectivity index (χ0n) is 7.48. The van der Waals surface area contributed by atoms with E-state index in [-0.39, 0.29) is 0 Å². The number of thiol groups is 1. The van der Waals surface area contributed by atoms with E-state index in [9.17, 15) is 4.79 Å². The highest BCUT2D eigenvalue weighted by molar-refractivity contribution is 7.80. The predicted molar refractivity (Wildman–Crippen MR) is 56.3 cm³/mol. The summed E-state index contributed by atoms with van der Waals surface area (Å²) in [6.07, 6.45) is 0. The monoisotopic (exact) mass is 208 g/mol. The molecule has 14 heavy (non-hydrogen) atoms. The Bertz CT molecular complexity index is 530. The lowest BCUT2D eigenvalue weighted by atomic mass is 10.2. The van der Waals surface area contributed by atoms with Gasteiger partial charge in [0.15, 0.2) is 0 Å². The van der Waals surface area contributed by atoms with Crippen LogP contribution in [0.4, 0.5) is 0 Å². The molecule has 0 radical (unpaired) electrons. The van der Waals surface area contributed by atoms with Gasteiger partial charge in [-0.15, -0.1) is 12.6 Å². The molecule has 72 valence electrons. The van der Waals surface area contributed by atoms with Crippen LogP contribution >= 0.6 is 12.6 Å². The summed E-state index contributed by atoms with van der Waals surface area (Å²) in [4.78, 5) is 11.7. The molecule has 3 nitrogen and oxygen atoms in total. The zero-order valence-corrected chi connectivity index (χ0v) is 8.38. The van der Waals surface area contributed by atoms with Crippen LogP contribution in [0.5, 0.6) is 5.75 Å². The Morgan fingerprint density at radius 2 is 2.14 bits per heavy atom. The van der Waals surface area contributed by atoms with Gasteiger partial charge >= 0.3 is 5.63 Å². The normalized spacial score (nSPS) is 10.4. The minimum Gasteiger partial charge on any atom is -0.497 e. The Morgan fingerprint density at radius 1 is 1.36 bits per heavy atom. The molecule has 1 heterocycles. The van der Waals surface area contributed by atoms with E-state index in [1.54, 1.807) is 25.3 Å². The summed E-state index contributed by atoms with van der Waals surface area (Å²) in [6, 6.07) is 6.61. The first-order chi connectivity index (χ1) is 6.70. The summed E-state index contributed by atoms with van der Waals surface area (Å²) in [5.74, 6) is 0.652. The van der Waals surface area contributed by atoms with Crippen molar-refractivity contribution in [1.82, 2.24) is 0 Å². The first-order valence-electron chi connectivity index (χ1n) is 4.01. The molecule has 0 atom stereocenters. The molecule has 1 aromatic heterocycles. The first-order valence-corrected chi connectivity index (χ1v) is 4.46. The van der Waals surface area contributed by atoms with Crippen molar-refractivity contribution in [3.8, 4) is 5.75 Å². The summed E-state index contributed by atoms with van der Waals surface area (Å²) < 4.78 is 10.0. The van der Waals surface area contributed by atoms with Crippen molar-refractivity contribution in [2.45, 2.75) is 4.90 Å². The lowest BCUT2D eigenvalue weighted by Crippen LogP contribution is -1.96. The Morgan fingerprint density at radius 3 is 2.86 bits per heavy atom. The van der Waals surface area contributed by atoms with E-state index in [1.165, 1.54) is 6.07 Å². The molecule has 0 spiro atoms. The number of fused-ring (bicyclic) bond motifs is 1. The van der Waals surface area contributed by atoms with Crippen LogP contribution in [-0.2, 0) is 0 Å². The number of ether oxygens (including phenoxy) is 1. The molecule has 0 saturated heterocycles. The third-order valence-corrected chi connectivity index (χ3v) is 2.30. The lowest BCUT2D eigenvalue weighted by Gasteiger charge is -2.02. The molecule has 4 heteroatoms. The molecule has 1 aromatic carbocycles. The van der Waals surface area contributed by atoms with Crippen molar-refractivity contribution < 1.29 is 9.15 Å². The molecule has 0 unspecified atom stereocenters. The van der Waals surface area contributed by atoms with Gasteiger partial charge in [0.1, 0.15) is 11.3 Å². The van der Waals surface area contributed by atoms with Crippen molar-refractivity contribution in [2.75, 3.05) is 7.11 Å². The molecule has 0 saturated carbocycles. The Balaban J connectivity index is 2.82. The summed E-state index contributed by atoms with van der Waals surface area (Å²) in [5, 5.41) is 0.800. The Labute approximate surface area is 85.7 Å². The van der Waals surface area contributed by atoms with Gasteiger partial charge in [0.05, 0.1) is 7.11 Å². The van der Waals surface area contributed by atoms with E-state index < -0.39 is 5.63 Å². The summed E-state index contributed by atoms with van der Waals surface area (Å²) >= 11 is 4.18. The van der Waals surface area contributed by atoms with Crippen molar-refractivity contribution in [2.24, 2.45) is 0 Å². The molecule has 0 fully saturated rings. The van der Waals surface area contributed by atoms with Gasteiger partial charge in [-0.2, -0.15) is 0 Å². The standard InChI is InChI=1S/C10H8O3S/c1-12-6-2-3-7-8(4-6)13-10(11)5-9(7)14/h2-5,14H,1H3. The number of hydrogen-bond acceptors (Lipinski definition) is 4. The third-order valence-electron chi connectivity index (χ3n) is 1.93. The summed E-state index contributed by atoms with van der Waals surface area (Å²) in [5.41, 5.74) is 0.0811. The molecule has 0 amide bonds. The number of methoxy groups -OCH3 is 1. The number of hydrogen-bond donors (Lipinski definition) is 1. The second-order valence-electron chi connectivity index (χ2n) is 2.81. The van der Waals surface area contributed by atoms with Gasteiger partial charge < -0.3 is 9.15 Å². The van der Waals surface area contributed by atoms with Crippen LogP contribution in [-0.4, -0.2) is 7.11 Å². The van der Waals surface area contributed by atoms with Crippen LogP contribution in [0.15, 0.2) is 38.4 Å². The van der Waals surface area contributed by atoms with Gasteiger partial charge in [0, 0.05) is 22.4 Å². The minimum absolute atomic E-state index is 0.407. The molecule has 0 aliphatic carbocycles. The molecule has 0 aliphatic heterocycles. The van der Waals surface area contributed by atoms with Gasteiger partial charge in [-0.05, 0) is 12.1 Å². The van der Waals surface area contributed by atoms with Gasteiger partial charge in [0.2, 0.25) is 0 Å². The van der Waals surface area contributed by atoms with E-state index >= 15 is 0 Å². The van der Waals surface area contributed by atoms with E-state index in [1.807, 2.05) is 0 Å².